The molecule has 6 heteroatoms. The third kappa shape index (κ3) is 4.12. The smallest absolute Gasteiger partial charge is 0.216 e. The van der Waals surface area contributed by atoms with E-state index in [0.717, 1.165) is 37.3 Å². The molecule has 24 heavy (non-hydrogen) atoms. The molecular formula is C18H27N5S. The predicted molar refractivity (Wildman–Crippen MR) is 104 cm³/mol. The monoisotopic (exact) mass is 345 g/mol. The van der Waals surface area contributed by atoms with Gasteiger partial charge in [-0.3, -0.25) is 5.10 Å². The average Bonchev–Trinajstić information content (AvgIpc) is 2.97. The van der Waals surface area contributed by atoms with E-state index in [4.69, 9.17) is 12.2 Å². The van der Waals surface area contributed by atoms with Gasteiger partial charge in [0.15, 0.2) is 5.82 Å². The Labute approximate surface area is 149 Å². The number of hydrogen-bond donors (Lipinski definition) is 1. The summed E-state index contributed by atoms with van der Waals surface area (Å²) in [6, 6.07) is 8.42. The number of H-pyrrole nitrogens is 1. The van der Waals surface area contributed by atoms with E-state index < -0.39 is 0 Å². The molecule has 0 spiro atoms. The predicted octanol–water partition coefficient (Wildman–Crippen LogP) is 4.57. The topological polar surface area (TPSA) is 49.2 Å². The van der Waals surface area contributed by atoms with Gasteiger partial charge in [0.05, 0.1) is 6.21 Å². The molecule has 2 aromatic rings. The summed E-state index contributed by atoms with van der Waals surface area (Å²) < 4.78 is 2.28. The van der Waals surface area contributed by atoms with Gasteiger partial charge in [0.25, 0.3) is 0 Å². The van der Waals surface area contributed by atoms with Gasteiger partial charge in [-0.15, -0.1) is 0 Å². The van der Waals surface area contributed by atoms with Gasteiger partial charge in [-0.05, 0) is 56.6 Å². The van der Waals surface area contributed by atoms with Crippen LogP contribution < -0.4 is 4.90 Å². The van der Waals surface area contributed by atoms with Gasteiger partial charge in [0.2, 0.25) is 4.77 Å². The van der Waals surface area contributed by atoms with Crippen molar-refractivity contribution in [3.05, 3.63) is 40.4 Å². The Morgan fingerprint density at radius 3 is 2.33 bits per heavy atom. The van der Waals surface area contributed by atoms with Crippen LogP contribution in [0.15, 0.2) is 29.4 Å². The average molecular weight is 346 g/mol. The lowest BCUT2D eigenvalue weighted by molar-refractivity contribution is 0.571. The number of nitrogens with zero attached hydrogens (tertiary/aromatic N) is 4. The van der Waals surface area contributed by atoms with Crippen LogP contribution in [0, 0.1) is 4.77 Å². The molecule has 0 fully saturated rings. The standard InChI is InChI=1S/C18H27N5S/c1-5-15(6-2)17-20-21-18(24)23(17)19-13-14-9-11-16(12-10-14)22(7-3)8-4/h9-13,15H,5-8H2,1-4H3,(H,21,24)/b19-13-. The minimum absolute atomic E-state index is 0.361. The lowest BCUT2D eigenvalue weighted by Gasteiger charge is -2.20. The van der Waals surface area contributed by atoms with Crippen molar-refractivity contribution in [2.75, 3.05) is 18.0 Å². The lowest BCUT2D eigenvalue weighted by atomic mass is 10.0. The first-order chi connectivity index (χ1) is 11.6. The van der Waals surface area contributed by atoms with Crippen molar-refractivity contribution < 1.29 is 0 Å². The Morgan fingerprint density at radius 2 is 1.79 bits per heavy atom. The third-order valence-electron chi connectivity index (χ3n) is 4.37. The van der Waals surface area contributed by atoms with E-state index in [1.54, 1.807) is 4.68 Å². The summed E-state index contributed by atoms with van der Waals surface area (Å²) in [4.78, 5) is 2.32. The minimum Gasteiger partial charge on any atom is -0.372 e. The Balaban J connectivity index is 2.22. The van der Waals surface area contributed by atoms with Gasteiger partial charge >= 0.3 is 0 Å². The van der Waals surface area contributed by atoms with Gasteiger partial charge in [-0.1, -0.05) is 26.0 Å². The second-order valence-electron chi connectivity index (χ2n) is 5.72. The van der Waals surface area contributed by atoms with Crippen LogP contribution in [0.4, 0.5) is 5.69 Å². The van der Waals surface area contributed by atoms with Crippen LogP contribution in [-0.4, -0.2) is 34.2 Å². The number of rotatable bonds is 8. The van der Waals surface area contributed by atoms with Crippen molar-refractivity contribution in [3.63, 3.8) is 0 Å². The van der Waals surface area contributed by atoms with Gasteiger partial charge in [0.1, 0.15) is 0 Å². The van der Waals surface area contributed by atoms with Crippen LogP contribution in [0.5, 0.6) is 0 Å². The first kappa shape index (κ1) is 18.4. The largest absolute Gasteiger partial charge is 0.372 e. The summed E-state index contributed by atoms with van der Waals surface area (Å²) in [7, 11) is 0. The lowest BCUT2D eigenvalue weighted by Crippen LogP contribution is -2.21. The molecule has 5 nitrogen and oxygen atoms in total. The Bertz CT molecular complexity index is 706. The van der Waals surface area contributed by atoms with Crippen molar-refractivity contribution in [1.29, 1.82) is 0 Å². The zero-order chi connectivity index (χ0) is 17.5. The van der Waals surface area contributed by atoms with E-state index in [9.17, 15) is 0 Å². The highest BCUT2D eigenvalue weighted by Gasteiger charge is 2.14. The normalized spacial score (nSPS) is 11.5. The van der Waals surface area contributed by atoms with E-state index in [-0.39, 0.29) is 0 Å². The van der Waals surface area contributed by atoms with Gasteiger partial charge < -0.3 is 4.90 Å². The molecule has 0 aliphatic carbocycles. The molecule has 0 aliphatic heterocycles. The number of aromatic amines is 1. The first-order valence-electron chi connectivity index (χ1n) is 8.71. The molecule has 0 saturated carbocycles. The molecule has 1 aromatic carbocycles. The molecule has 1 aromatic heterocycles. The van der Waals surface area contributed by atoms with Crippen LogP contribution >= 0.6 is 12.2 Å². The maximum absolute atomic E-state index is 5.31. The van der Waals surface area contributed by atoms with Crippen LogP contribution in [-0.2, 0) is 0 Å². The zero-order valence-electron chi connectivity index (χ0n) is 15.0. The molecular weight excluding hydrogens is 318 g/mol. The molecule has 130 valence electrons. The molecule has 0 aliphatic rings. The van der Waals surface area contributed by atoms with Crippen molar-refractivity contribution in [1.82, 2.24) is 14.9 Å². The highest BCUT2D eigenvalue weighted by molar-refractivity contribution is 7.71. The van der Waals surface area contributed by atoms with Crippen molar-refractivity contribution in [2.45, 2.75) is 46.5 Å². The van der Waals surface area contributed by atoms with Gasteiger partial charge in [-0.25, -0.2) is 0 Å². The van der Waals surface area contributed by atoms with Crippen LogP contribution in [0.1, 0.15) is 57.8 Å². The Hall–Kier alpha value is -1.95. The summed E-state index contributed by atoms with van der Waals surface area (Å²) in [5, 5.41) is 11.8. The van der Waals surface area contributed by atoms with E-state index in [2.05, 4.69) is 72.2 Å². The minimum atomic E-state index is 0.361. The summed E-state index contributed by atoms with van der Waals surface area (Å²) >= 11 is 5.31. The van der Waals surface area contributed by atoms with Crippen molar-refractivity contribution in [2.24, 2.45) is 5.10 Å². The molecule has 1 heterocycles. The highest BCUT2D eigenvalue weighted by Crippen LogP contribution is 2.21. The molecule has 1 N–H and O–H groups in total. The van der Waals surface area contributed by atoms with E-state index in [0.29, 0.717) is 10.7 Å². The fraction of sp³-hybridized carbons (Fsp3) is 0.500. The molecule has 0 unspecified atom stereocenters. The third-order valence-corrected chi connectivity index (χ3v) is 4.63. The van der Waals surface area contributed by atoms with Crippen LogP contribution in [0.3, 0.4) is 0 Å². The van der Waals surface area contributed by atoms with Gasteiger partial charge in [0, 0.05) is 24.7 Å². The van der Waals surface area contributed by atoms with Crippen molar-refractivity contribution >= 4 is 24.1 Å². The summed E-state index contributed by atoms with van der Waals surface area (Å²) in [5.74, 6) is 1.26. The molecule has 0 saturated heterocycles. The molecule has 0 atom stereocenters. The summed E-state index contributed by atoms with van der Waals surface area (Å²) in [5.41, 5.74) is 2.28. The number of nitrogens with one attached hydrogen (secondary N) is 1. The fourth-order valence-corrected chi connectivity index (χ4v) is 3.00. The maximum atomic E-state index is 5.31. The number of benzene rings is 1. The second-order valence-corrected chi connectivity index (χ2v) is 6.11. The number of anilines is 1. The first-order valence-corrected chi connectivity index (χ1v) is 9.11. The maximum Gasteiger partial charge on any atom is 0.216 e. The van der Waals surface area contributed by atoms with Gasteiger partial charge in [-0.2, -0.15) is 14.9 Å². The molecule has 2 rings (SSSR count). The highest BCUT2D eigenvalue weighted by atomic mass is 32.1. The molecule has 0 radical (unpaired) electrons. The van der Waals surface area contributed by atoms with E-state index >= 15 is 0 Å². The van der Waals surface area contributed by atoms with E-state index in [1.165, 1.54) is 5.69 Å². The Kier molecular flexibility index (Phi) is 6.73. The number of hydrogen-bond acceptors (Lipinski definition) is 4. The summed E-state index contributed by atoms with van der Waals surface area (Å²) in [6.45, 7) is 10.7. The Morgan fingerprint density at radius 1 is 1.17 bits per heavy atom. The van der Waals surface area contributed by atoms with Crippen LogP contribution in [0.25, 0.3) is 0 Å². The quantitative estimate of drug-likeness (QED) is 0.563. The number of aromatic nitrogens is 3. The molecule has 0 bridgehead atoms. The SMILES string of the molecule is CCC(CC)c1n[nH]c(=S)n1/N=C\c1ccc(N(CC)CC)cc1. The second kappa shape index (κ2) is 8.78. The summed E-state index contributed by atoms with van der Waals surface area (Å²) in [6.07, 6.45) is 3.87. The van der Waals surface area contributed by atoms with Crippen LogP contribution in [0.2, 0.25) is 0 Å². The zero-order valence-corrected chi connectivity index (χ0v) is 15.8. The van der Waals surface area contributed by atoms with Crippen molar-refractivity contribution in [3.8, 4) is 0 Å². The van der Waals surface area contributed by atoms with E-state index in [1.807, 2.05) is 6.21 Å². The fourth-order valence-electron chi connectivity index (χ4n) is 2.82. The molecule has 0 amide bonds.